The molecule has 5 nitrogen and oxygen atoms in total. The molecular weight excluding hydrogens is 248 g/mol. The Labute approximate surface area is 112 Å². The maximum Gasteiger partial charge on any atom is 0.191 e. The van der Waals surface area contributed by atoms with Gasteiger partial charge < -0.3 is 15.0 Å². The van der Waals surface area contributed by atoms with Gasteiger partial charge in [-0.15, -0.1) is 10.2 Å². The van der Waals surface area contributed by atoms with Crippen LogP contribution < -0.4 is 5.73 Å². The third kappa shape index (κ3) is 3.70. The van der Waals surface area contributed by atoms with Crippen LogP contribution in [0.4, 0.5) is 0 Å². The fourth-order valence-electron chi connectivity index (χ4n) is 1.76. The number of nitrogens with two attached hydrogens (primary N) is 1. The Morgan fingerprint density at radius 3 is 2.83 bits per heavy atom. The van der Waals surface area contributed by atoms with Crippen LogP contribution in [0.2, 0.25) is 0 Å². The van der Waals surface area contributed by atoms with Gasteiger partial charge in [-0.1, -0.05) is 25.6 Å². The summed E-state index contributed by atoms with van der Waals surface area (Å²) in [4.78, 5) is 0. The van der Waals surface area contributed by atoms with Gasteiger partial charge in [0.1, 0.15) is 5.82 Å². The van der Waals surface area contributed by atoms with E-state index in [9.17, 15) is 0 Å². The van der Waals surface area contributed by atoms with E-state index in [0.717, 1.165) is 29.9 Å². The van der Waals surface area contributed by atoms with Gasteiger partial charge in [-0.3, -0.25) is 0 Å². The zero-order valence-electron chi connectivity index (χ0n) is 11.1. The van der Waals surface area contributed by atoms with Crippen molar-refractivity contribution in [1.29, 1.82) is 0 Å². The first kappa shape index (κ1) is 13.8. The van der Waals surface area contributed by atoms with Crippen molar-refractivity contribution in [1.82, 2.24) is 14.8 Å². The maximum absolute atomic E-state index is 5.68. The summed E-state index contributed by atoms with van der Waals surface area (Å²) < 4.78 is 7.76. The first-order valence-corrected chi connectivity index (χ1v) is 7.55. The molecule has 18 heavy (non-hydrogen) atoms. The predicted octanol–water partition coefficient (Wildman–Crippen LogP) is 1.84. The zero-order chi connectivity index (χ0) is 13.0. The molecule has 1 aliphatic carbocycles. The summed E-state index contributed by atoms with van der Waals surface area (Å²) in [7, 11) is 0. The molecule has 0 amide bonds. The lowest BCUT2D eigenvalue weighted by Gasteiger charge is -2.08. The predicted molar refractivity (Wildman–Crippen MR) is 72.6 cm³/mol. The summed E-state index contributed by atoms with van der Waals surface area (Å²) in [6.07, 6.45) is 2.45. The van der Waals surface area contributed by atoms with Crippen molar-refractivity contribution in [2.45, 2.75) is 44.4 Å². The third-order valence-electron chi connectivity index (χ3n) is 2.74. The number of thioether (sulfide) groups is 1. The van der Waals surface area contributed by atoms with Crippen molar-refractivity contribution >= 4 is 11.8 Å². The minimum Gasteiger partial charge on any atom is -0.380 e. The molecule has 0 bridgehead atoms. The molecule has 1 heterocycles. The zero-order valence-corrected chi connectivity index (χ0v) is 11.9. The molecule has 2 rings (SSSR count). The van der Waals surface area contributed by atoms with E-state index < -0.39 is 0 Å². The molecule has 1 aromatic rings. The molecule has 0 saturated heterocycles. The highest BCUT2D eigenvalue weighted by Gasteiger charge is 2.28. The van der Waals surface area contributed by atoms with E-state index in [1.54, 1.807) is 11.8 Å². The smallest absolute Gasteiger partial charge is 0.191 e. The van der Waals surface area contributed by atoms with Crippen LogP contribution in [0.1, 0.15) is 38.6 Å². The Morgan fingerprint density at radius 1 is 1.44 bits per heavy atom. The maximum atomic E-state index is 5.68. The number of hydrogen-bond donors (Lipinski definition) is 1. The first-order valence-electron chi connectivity index (χ1n) is 6.56. The second-order valence-corrected chi connectivity index (χ2v) is 6.08. The quantitative estimate of drug-likeness (QED) is 0.577. The molecule has 0 aliphatic heterocycles. The van der Waals surface area contributed by atoms with Crippen molar-refractivity contribution in [2.75, 3.05) is 19.0 Å². The summed E-state index contributed by atoms with van der Waals surface area (Å²) in [5, 5.41) is 9.36. The standard InChI is InChI=1S/C12H22N4OS/c1-9(2)8-17-5-6-18-12-15-14-11(7-13)16(12)10-3-4-10/h9-10H,3-8,13H2,1-2H3. The second kappa shape index (κ2) is 6.54. The van der Waals surface area contributed by atoms with Gasteiger partial charge in [-0.05, 0) is 18.8 Å². The highest BCUT2D eigenvalue weighted by atomic mass is 32.2. The fourth-order valence-corrected chi connectivity index (χ4v) is 2.63. The van der Waals surface area contributed by atoms with E-state index in [4.69, 9.17) is 10.5 Å². The van der Waals surface area contributed by atoms with Gasteiger partial charge in [0, 0.05) is 18.4 Å². The van der Waals surface area contributed by atoms with Crippen molar-refractivity contribution < 1.29 is 4.74 Å². The van der Waals surface area contributed by atoms with Gasteiger partial charge in [0.15, 0.2) is 5.16 Å². The summed E-state index contributed by atoms with van der Waals surface area (Å²) >= 11 is 1.71. The normalized spacial score (nSPS) is 15.6. The monoisotopic (exact) mass is 270 g/mol. The van der Waals surface area contributed by atoms with E-state index in [1.165, 1.54) is 12.8 Å². The van der Waals surface area contributed by atoms with E-state index in [2.05, 4.69) is 28.6 Å². The molecule has 6 heteroatoms. The Morgan fingerprint density at radius 2 is 2.22 bits per heavy atom. The molecular formula is C12H22N4OS. The van der Waals surface area contributed by atoms with Crippen LogP contribution in [0.15, 0.2) is 5.16 Å². The Kier molecular flexibility index (Phi) is 5.03. The molecule has 1 aromatic heterocycles. The summed E-state index contributed by atoms with van der Waals surface area (Å²) in [5.74, 6) is 2.42. The Bertz CT molecular complexity index is 376. The second-order valence-electron chi connectivity index (χ2n) is 5.02. The average molecular weight is 270 g/mol. The SMILES string of the molecule is CC(C)COCCSc1nnc(CN)n1C1CC1. The molecule has 1 saturated carbocycles. The van der Waals surface area contributed by atoms with Crippen molar-refractivity contribution in [3.05, 3.63) is 5.82 Å². The molecule has 0 atom stereocenters. The van der Waals surface area contributed by atoms with Crippen LogP contribution in [-0.4, -0.2) is 33.7 Å². The Balaban J connectivity index is 1.80. The van der Waals surface area contributed by atoms with Gasteiger partial charge in [-0.25, -0.2) is 0 Å². The summed E-state index contributed by atoms with van der Waals surface area (Å²) in [6, 6.07) is 0.581. The lowest BCUT2D eigenvalue weighted by molar-refractivity contribution is 0.124. The Hall–Kier alpha value is -0.590. The minimum atomic E-state index is 0.466. The molecule has 0 radical (unpaired) electrons. The van der Waals surface area contributed by atoms with Crippen molar-refractivity contribution in [3.8, 4) is 0 Å². The van der Waals surface area contributed by atoms with Crippen LogP contribution >= 0.6 is 11.8 Å². The molecule has 1 fully saturated rings. The van der Waals surface area contributed by atoms with Crippen LogP contribution in [0.5, 0.6) is 0 Å². The summed E-state index contributed by atoms with van der Waals surface area (Å²) in [5.41, 5.74) is 5.68. The number of rotatable bonds is 8. The molecule has 0 aromatic carbocycles. The van der Waals surface area contributed by atoms with Gasteiger partial charge in [-0.2, -0.15) is 0 Å². The van der Waals surface area contributed by atoms with Crippen LogP contribution in [0.25, 0.3) is 0 Å². The van der Waals surface area contributed by atoms with E-state index in [0.29, 0.717) is 18.5 Å². The molecule has 2 N–H and O–H groups in total. The molecule has 0 spiro atoms. The van der Waals surface area contributed by atoms with Gasteiger partial charge in [0.05, 0.1) is 13.2 Å². The van der Waals surface area contributed by atoms with Crippen molar-refractivity contribution in [2.24, 2.45) is 11.7 Å². The van der Waals surface area contributed by atoms with E-state index in [1.807, 2.05) is 0 Å². The highest BCUT2D eigenvalue weighted by Crippen LogP contribution is 2.38. The number of hydrogen-bond acceptors (Lipinski definition) is 5. The highest BCUT2D eigenvalue weighted by molar-refractivity contribution is 7.99. The molecule has 1 aliphatic rings. The summed E-state index contributed by atoms with van der Waals surface area (Å²) in [6.45, 7) is 6.37. The topological polar surface area (TPSA) is 66.0 Å². The van der Waals surface area contributed by atoms with Gasteiger partial charge >= 0.3 is 0 Å². The van der Waals surface area contributed by atoms with E-state index in [-0.39, 0.29) is 0 Å². The van der Waals surface area contributed by atoms with Gasteiger partial charge in [0.2, 0.25) is 0 Å². The lowest BCUT2D eigenvalue weighted by atomic mass is 10.2. The van der Waals surface area contributed by atoms with Crippen LogP contribution in [-0.2, 0) is 11.3 Å². The number of nitrogens with zero attached hydrogens (tertiary/aromatic N) is 3. The minimum absolute atomic E-state index is 0.466. The largest absolute Gasteiger partial charge is 0.380 e. The van der Waals surface area contributed by atoms with E-state index >= 15 is 0 Å². The lowest BCUT2D eigenvalue weighted by Crippen LogP contribution is -2.09. The van der Waals surface area contributed by atoms with Crippen LogP contribution in [0.3, 0.4) is 0 Å². The van der Waals surface area contributed by atoms with Crippen LogP contribution in [0, 0.1) is 5.92 Å². The number of ether oxygens (including phenoxy) is 1. The fraction of sp³-hybridized carbons (Fsp3) is 0.833. The number of aromatic nitrogens is 3. The molecule has 102 valence electrons. The molecule has 0 unspecified atom stereocenters. The first-order chi connectivity index (χ1) is 8.72. The average Bonchev–Trinajstić information content (AvgIpc) is 3.09. The van der Waals surface area contributed by atoms with Crippen molar-refractivity contribution in [3.63, 3.8) is 0 Å². The third-order valence-corrected chi connectivity index (χ3v) is 3.65. The van der Waals surface area contributed by atoms with Gasteiger partial charge in [0.25, 0.3) is 0 Å².